The van der Waals surface area contributed by atoms with Gasteiger partial charge in [-0.3, -0.25) is 4.79 Å². The molecule has 0 aromatic carbocycles. The highest BCUT2D eigenvalue weighted by Crippen LogP contribution is 2.44. The summed E-state index contributed by atoms with van der Waals surface area (Å²) in [5, 5.41) is 3.25. The molecule has 1 saturated heterocycles. The number of ketones is 1. The first-order valence-electron chi connectivity index (χ1n) is 6.43. The standard InChI is InChI=1S/C14H19N2OS2/c1-14(2,3)9-7-18-13(19-8-9)11-6-10(16-15)4-5-12(11)17/h4-6,9-10,13H,7-8H2,1-3H3/q-1. The third kappa shape index (κ3) is 3.51. The van der Waals surface area contributed by atoms with Crippen LogP contribution in [0.1, 0.15) is 20.8 Å². The molecular formula is C14H19N2OS2-. The van der Waals surface area contributed by atoms with E-state index in [1.165, 1.54) is 6.08 Å². The van der Waals surface area contributed by atoms with E-state index in [9.17, 15) is 4.79 Å². The molecule has 0 aromatic rings. The van der Waals surface area contributed by atoms with E-state index in [1.54, 1.807) is 12.2 Å². The van der Waals surface area contributed by atoms with Crippen LogP contribution in [0.25, 0.3) is 5.53 Å². The highest BCUT2D eigenvalue weighted by molar-refractivity contribution is 8.17. The average molecular weight is 295 g/mol. The number of rotatable bonds is 2. The van der Waals surface area contributed by atoms with Gasteiger partial charge in [-0.1, -0.05) is 26.8 Å². The fourth-order valence-electron chi connectivity index (χ4n) is 2.05. The van der Waals surface area contributed by atoms with Crippen LogP contribution < -0.4 is 0 Å². The minimum absolute atomic E-state index is 0.0547. The Hall–Kier alpha value is -0.550. The first kappa shape index (κ1) is 14.9. The molecule has 2 rings (SSSR count). The largest absolute Gasteiger partial charge is 0.711 e. The number of allylic oxidation sites excluding steroid dienone is 1. The summed E-state index contributed by atoms with van der Waals surface area (Å²) >= 11 is 3.68. The lowest BCUT2D eigenvalue weighted by atomic mass is 9.83. The highest BCUT2D eigenvalue weighted by Gasteiger charge is 2.33. The van der Waals surface area contributed by atoms with Crippen molar-refractivity contribution in [3.8, 4) is 0 Å². The van der Waals surface area contributed by atoms with Crippen LogP contribution in [-0.4, -0.2) is 27.9 Å². The SMILES string of the molecule is CC(C)(C)C1CSC(C2=CC(N=[N-])C=CC2=O)SC1. The summed E-state index contributed by atoms with van der Waals surface area (Å²) in [6.07, 6.45) is 4.93. The molecule has 2 aliphatic rings. The lowest BCUT2D eigenvalue weighted by Gasteiger charge is -2.37. The van der Waals surface area contributed by atoms with Crippen molar-refractivity contribution in [1.29, 1.82) is 0 Å². The molecule has 3 nitrogen and oxygen atoms in total. The Bertz CT molecular complexity index is 429. The van der Waals surface area contributed by atoms with E-state index in [1.807, 2.05) is 23.5 Å². The molecule has 1 fully saturated rings. The topological polar surface area (TPSA) is 51.7 Å². The zero-order valence-corrected chi connectivity index (χ0v) is 13.1. The molecule has 0 saturated carbocycles. The minimum Gasteiger partial charge on any atom is -0.711 e. The van der Waals surface area contributed by atoms with Crippen molar-refractivity contribution in [2.45, 2.75) is 31.4 Å². The zero-order chi connectivity index (χ0) is 14.0. The molecule has 0 aromatic heterocycles. The highest BCUT2D eigenvalue weighted by atomic mass is 32.2. The molecule has 19 heavy (non-hydrogen) atoms. The smallest absolute Gasteiger partial charge is 0.183 e. The molecule has 0 spiro atoms. The second-order valence-corrected chi connectivity index (χ2v) is 8.59. The van der Waals surface area contributed by atoms with Gasteiger partial charge in [0.1, 0.15) is 0 Å². The molecule has 0 bridgehead atoms. The number of hydrogen-bond donors (Lipinski definition) is 0. The van der Waals surface area contributed by atoms with Crippen LogP contribution in [-0.2, 0) is 4.79 Å². The van der Waals surface area contributed by atoms with Gasteiger partial charge in [-0.25, -0.2) is 0 Å². The third-order valence-electron chi connectivity index (χ3n) is 3.59. The van der Waals surface area contributed by atoms with E-state index in [0.717, 1.165) is 17.1 Å². The van der Waals surface area contributed by atoms with Crippen molar-refractivity contribution in [1.82, 2.24) is 0 Å². The Morgan fingerprint density at radius 1 is 1.32 bits per heavy atom. The van der Waals surface area contributed by atoms with E-state index in [2.05, 4.69) is 25.9 Å². The lowest BCUT2D eigenvalue weighted by molar-refractivity contribution is -0.111. The molecule has 0 amide bonds. The van der Waals surface area contributed by atoms with Crippen molar-refractivity contribution in [3.63, 3.8) is 0 Å². The number of carbonyl (C=O) groups excluding carboxylic acids is 1. The molecule has 5 heteroatoms. The van der Waals surface area contributed by atoms with E-state index < -0.39 is 0 Å². The lowest BCUT2D eigenvalue weighted by Crippen LogP contribution is -2.31. The first-order chi connectivity index (χ1) is 8.91. The normalized spacial score (nSPS) is 32.1. The molecule has 1 aliphatic carbocycles. The fourth-order valence-corrected chi connectivity index (χ4v) is 5.86. The van der Waals surface area contributed by atoms with E-state index in [0.29, 0.717) is 11.3 Å². The van der Waals surface area contributed by atoms with Crippen LogP contribution in [0.3, 0.4) is 0 Å². The molecule has 1 unspecified atom stereocenters. The Labute approximate surface area is 123 Å². The predicted molar refractivity (Wildman–Crippen MR) is 83.5 cm³/mol. The Morgan fingerprint density at radius 2 is 1.95 bits per heavy atom. The predicted octanol–water partition coefficient (Wildman–Crippen LogP) is 3.91. The van der Waals surface area contributed by atoms with Gasteiger partial charge < -0.3 is 10.6 Å². The van der Waals surface area contributed by atoms with E-state index in [4.69, 9.17) is 5.53 Å². The van der Waals surface area contributed by atoms with Gasteiger partial charge in [-0.05, 0) is 35.0 Å². The number of hydrogen-bond acceptors (Lipinski definition) is 4. The summed E-state index contributed by atoms with van der Waals surface area (Å²) < 4.78 is 0.181. The second kappa shape index (κ2) is 5.83. The van der Waals surface area contributed by atoms with E-state index >= 15 is 0 Å². The minimum atomic E-state index is -0.366. The number of nitrogens with zero attached hydrogens (tertiary/aromatic N) is 2. The second-order valence-electron chi connectivity index (χ2n) is 6.01. The summed E-state index contributed by atoms with van der Waals surface area (Å²) in [6.45, 7) is 6.81. The van der Waals surface area contributed by atoms with Gasteiger partial charge in [0.2, 0.25) is 0 Å². The molecule has 0 N–H and O–H groups in total. The van der Waals surface area contributed by atoms with Crippen LogP contribution in [0.5, 0.6) is 0 Å². The Morgan fingerprint density at radius 3 is 2.47 bits per heavy atom. The molecule has 0 radical (unpaired) electrons. The first-order valence-corrected chi connectivity index (χ1v) is 8.53. The molecule has 104 valence electrons. The van der Waals surface area contributed by atoms with Gasteiger partial charge in [-0.15, -0.1) is 23.5 Å². The van der Waals surface area contributed by atoms with Crippen LogP contribution in [0.15, 0.2) is 28.9 Å². The molecular weight excluding hydrogens is 276 g/mol. The van der Waals surface area contributed by atoms with Gasteiger partial charge in [0.05, 0.1) is 10.6 Å². The van der Waals surface area contributed by atoms with Gasteiger partial charge >= 0.3 is 0 Å². The summed E-state index contributed by atoms with van der Waals surface area (Å²) in [4.78, 5) is 11.9. The van der Waals surface area contributed by atoms with Gasteiger partial charge in [0, 0.05) is 5.57 Å². The van der Waals surface area contributed by atoms with Gasteiger partial charge in [0.25, 0.3) is 0 Å². The fraction of sp³-hybridized carbons (Fsp3) is 0.643. The molecule has 1 atom stereocenters. The van der Waals surface area contributed by atoms with Crippen molar-refractivity contribution >= 4 is 29.3 Å². The Balaban J connectivity index is 2.03. The van der Waals surface area contributed by atoms with Crippen molar-refractivity contribution in [2.75, 3.05) is 11.5 Å². The monoisotopic (exact) mass is 295 g/mol. The van der Waals surface area contributed by atoms with E-state index in [-0.39, 0.29) is 16.4 Å². The van der Waals surface area contributed by atoms with Crippen LogP contribution in [0.2, 0.25) is 0 Å². The summed E-state index contributed by atoms with van der Waals surface area (Å²) in [5.41, 5.74) is 9.95. The van der Waals surface area contributed by atoms with Crippen molar-refractivity contribution in [2.24, 2.45) is 16.4 Å². The maximum Gasteiger partial charge on any atom is 0.183 e. The maximum atomic E-state index is 11.9. The quantitative estimate of drug-likeness (QED) is 0.726. The Kier molecular flexibility index (Phi) is 4.56. The number of carbonyl (C=O) groups is 1. The number of thioether (sulfide) groups is 2. The zero-order valence-electron chi connectivity index (χ0n) is 11.5. The maximum absolute atomic E-state index is 11.9. The summed E-state index contributed by atoms with van der Waals surface area (Å²) in [5.74, 6) is 2.89. The van der Waals surface area contributed by atoms with Gasteiger partial charge in [0.15, 0.2) is 5.78 Å². The summed E-state index contributed by atoms with van der Waals surface area (Å²) in [7, 11) is 0. The summed E-state index contributed by atoms with van der Waals surface area (Å²) in [6, 6.07) is -0.366. The van der Waals surface area contributed by atoms with Crippen LogP contribution in [0, 0.1) is 11.3 Å². The molecule has 1 aliphatic heterocycles. The van der Waals surface area contributed by atoms with Crippen molar-refractivity contribution in [3.05, 3.63) is 29.3 Å². The van der Waals surface area contributed by atoms with Crippen molar-refractivity contribution < 1.29 is 4.79 Å². The van der Waals surface area contributed by atoms with Crippen LogP contribution in [0.4, 0.5) is 0 Å². The average Bonchev–Trinajstić information content (AvgIpc) is 2.38. The van der Waals surface area contributed by atoms with Gasteiger partial charge in [-0.2, -0.15) is 0 Å². The van der Waals surface area contributed by atoms with Crippen LogP contribution >= 0.6 is 23.5 Å². The molecule has 1 heterocycles. The third-order valence-corrected chi connectivity index (χ3v) is 6.71.